The van der Waals surface area contributed by atoms with Gasteiger partial charge in [-0.15, -0.1) is 0 Å². The Balaban J connectivity index is 1.43. The number of nitrogens with zero attached hydrogens (tertiary/aromatic N) is 2. The van der Waals surface area contributed by atoms with E-state index in [0.29, 0.717) is 21.2 Å². The summed E-state index contributed by atoms with van der Waals surface area (Å²) >= 11 is 6.79. The van der Waals surface area contributed by atoms with E-state index < -0.39 is 4.92 Å². The van der Waals surface area contributed by atoms with Gasteiger partial charge in [0.1, 0.15) is 12.4 Å². The van der Waals surface area contributed by atoms with Crippen LogP contribution in [-0.4, -0.2) is 21.0 Å². The molecular formula is C24H17ClN2O5S. The van der Waals surface area contributed by atoms with E-state index in [0.717, 1.165) is 22.9 Å². The third-order valence-corrected chi connectivity index (χ3v) is 6.00. The lowest BCUT2D eigenvalue weighted by Gasteiger charge is -2.12. The molecule has 3 aromatic carbocycles. The van der Waals surface area contributed by atoms with Gasteiger partial charge in [-0.25, -0.2) is 0 Å². The van der Waals surface area contributed by atoms with E-state index in [2.05, 4.69) is 0 Å². The number of benzene rings is 3. The summed E-state index contributed by atoms with van der Waals surface area (Å²) in [5, 5.41) is 11.0. The molecule has 3 aromatic rings. The summed E-state index contributed by atoms with van der Waals surface area (Å²) < 4.78 is 5.78. The number of ether oxygens (including phenoxy) is 1. The molecule has 7 nitrogen and oxygen atoms in total. The van der Waals surface area contributed by atoms with Gasteiger partial charge in [0.25, 0.3) is 16.8 Å². The SMILES string of the molecule is O=C1S/C(=C/c2cccc(OCc3ccc([N+](=O)[O-])cc3)c2)C(=O)N1Cc1ccc(Cl)cc1. The Morgan fingerprint density at radius 3 is 2.39 bits per heavy atom. The number of rotatable bonds is 7. The van der Waals surface area contributed by atoms with Gasteiger partial charge in [-0.1, -0.05) is 35.9 Å². The fraction of sp³-hybridized carbons (Fsp3) is 0.0833. The Morgan fingerprint density at radius 1 is 1.00 bits per heavy atom. The van der Waals surface area contributed by atoms with E-state index in [9.17, 15) is 19.7 Å². The maximum atomic E-state index is 12.8. The minimum atomic E-state index is -0.453. The van der Waals surface area contributed by atoms with Crippen LogP contribution in [0.4, 0.5) is 10.5 Å². The predicted octanol–water partition coefficient (Wildman–Crippen LogP) is 6.06. The van der Waals surface area contributed by atoms with Gasteiger partial charge in [-0.2, -0.15) is 0 Å². The molecule has 1 heterocycles. The summed E-state index contributed by atoms with van der Waals surface area (Å²) in [7, 11) is 0. The van der Waals surface area contributed by atoms with Crippen LogP contribution >= 0.6 is 23.4 Å². The first-order valence-electron chi connectivity index (χ1n) is 9.85. The first-order chi connectivity index (χ1) is 15.9. The maximum absolute atomic E-state index is 12.8. The number of hydrogen-bond acceptors (Lipinski definition) is 6. The van der Waals surface area contributed by atoms with Gasteiger partial charge in [0.2, 0.25) is 0 Å². The van der Waals surface area contributed by atoms with E-state index in [1.807, 2.05) is 6.07 Å². The number of carbonyl (C=O) groups excluding carboxylic acids is 2. The Bertz CT molecular complexity index is 1240. The van der Waals surface area contributed by atoms with Crippen LogP contribution in [-0.2, 0) is 17.9 Å². The molecule has 0 bridgehead atoms. The average molecular weight is 481 g/mol. The maximum Gasteiger partial charge on any atom is 0.293 e. The zero-order valence-corrected chi connectivity index (χ0v) is 18.7. The highest BCUT2D eigenvalue weighted by atomic mass is 35.5. The minimum Gasteiger partial charge on any atom is -0.489 e. The highest BCUT2D eigenvalue weighted by molar-refractivity contribution is 8.18. The molecule has 166 valence electrons. The molecule has 0 spiro atoms. The molecular weight excluding hydrogens is 464 g/mol. The topological polar surface area (TPSA) is 89.7 Å². The summed E-state index contributed by atoms with van der Waals surface area (Å²) in [6, 6.07) is 20.3. The van der Waals surface area contributed by atoms with Gasteiger partial charge in [-0.3, -0.25) is 24.6 Å². The van der Waals surface area contributed by atoms with Crippen molar-refractivity contribution in [2.45, 2.75) is 13.2 Å². The normalized spacial score (nSPS) is 14.7. The average Bonchev–Trinajstić information content (AvgIpc) is 3.07. The fourth-order valence-electron chi connectivity index (χ4n) is 3.13. The molecule has 2 amide bonds. The third-order valence-electron chi connectivity index (χ3n) is 4.84. The molecule has 0 aliphatic carbocycles. The summed E-state index contributed by atoms with van der Waals surface area (Å²) in [4.78, 5) is 37.0. The van der Waals surface area contributed by atoms with E-state index in [1.54, 1.807) is 60.7 Å². The number of nitro benzene ring substituents is 1. The molecule has 0 N–H and O–H groups in total. The second-order valence-corrected chi connectivity index (χ2v) is 8.61. The lowest BCUT2D eigenvalue weighted by atomic mass is 10.2. The van der Waals surface area contributed by atoms with Gasteiger partial charge < -0.3 is 4.74 Å². The van der Waals surface area contributed by atoms with Crippen LogP contribution in [0.15, 0.2) is 77.7 Å². The van der Waals surface area contributed by atoms with Crippen LogP contribution in [0.25, 0.3) is 6.08 Å². The number of halogens is 1. The number of amides is 2. The van der Waals surface area contributed by atoms with Crippen LogP contribution in [0.5, 0.6) is 5.75 Å². The second-order valence-electron chi connectivity index (χ2n) is 7.18. The molecule has 33 heavy (non-hydrogen) atoms. The fourth-order valence-corrected chi connectivity index (χ4v) is 4.10. The molecule has 1 aliphatic rings. The van der Waals surface area contributed by atoms with Crippen molar-refractivity contribution in [3.8, 4) is 5.75 Å². The highest BCUT2D eigenvalue weighted by Crippen LogP contribution is 2.34. The van der Waals surface area contributed by atoms with Crippen molar-refractivity contribution in [3.05, 3.63) is 110 Å². The Morgan fingerprint density at radius 2 is 1.70 bits per heavy atom. The van der Waals surface area contributed by atoms with Crippen LogP contribution in [0.2, 0.25) is 5.02 Å². The standard InChI is InChI=1S/C24H17ClN2O5S/c25-19-8-4-16(5-9-19)14-26-23(28)22(33-24(26)29)13-18-2-1-3-21(12-18)32-15-17-6-10-20(11-7-17)27(30)31/h1-13H,14-15H2/b22-13+. The monoisotopic (exact) mass is 480 g/mol. The van der Waals surface area contributed by atoms with E-state index in [-0.39, 0.29) is 30.0 Å². The van der Waals surface area contributed by atoms with Crippen LogP contribution in [0, 0.1) is 10.1 Å². The molecule has 1 saturated heterocycles. The Kier molecular flexibility index (Phi) is 6.76. The molecule has 0 aromatic heterocycles. The van der Waals surface area contributed by atoms with E-state index >= 15 is 0 Å². The van der Waals surface area contributed by atoms with Crippen LogP contribution in [0.1, 0.15) is 16.7 Å². The smallest absolute Gasteiger partial charge is 0.293 e. The Hall–Kier alpha value is -3.62. The van der Waals surface area contributed by atoms with Crippen molar-refractivity contribution in [2.24, 2.45) is 0 Å². The first kappa shape index (κ1) is 22.6. The molecule has 1 fully saturated rings. The second kappa shape index (κ2) is 9.89. The van der Waals surface area contributed by atoms with Crippen LogP contribution < -0.4 is 4.74 Å². The van der Waals surface area contributed by atoms with Gasteiger partial charge in [0.15, 0.2) is 0 Å². The predicted molar refractivity (Wildman–Crippen MR) is 127 cm³/mol. The first-order valence-corrected chi connectivity index (χ1v) is 11.0. The molecule has 9 heteroatoms. The Labute approximate surface area is 198 Å². The zero-order valence-electron chi connectivity index (χ0n) is 17.1. The molecule has 0 atom stereocenters. The molecule has 0 radical (unpaired) electrons. The highest BCUT2D eigenvalue weighted by Gasteiger charge is 2.34. The van der Waals surface area contributed by atoms with Crippen molar-refractivity contribution in [2.75, 3.05) is 0 Å². The molecule has 1 aliphatic heterocycles. The van der Waals surface area contributed by atoms with E-state index in [4.69, 9.17) is 16.3 Å². The van der Waals surface area contributed by atoms with Crippen molar-refractivity contribution in [1.29, 1.82) is 0 Å². The van der Waals surface area contributed by atoms with Gasteiger partial charge >= 0.3 is 0 Å². The molecule has 4 rings (SSSR count). The lowest BCUT2D eigenvalue weighted by molar-refractivity contribution is -0.384. The summed E-state index contributed by atoms with van der Waals surface area (Å²) in [5.74, 6) is 0.222. The zero-order chi connectivity index (χ0) is 23.4. The summed E-state index contributed by atoms with van der Waals surface area (Å²) in [5.41, 5.74) is 2.33. The number of carbonyl (C=O) groups is 2. The van der Waals surface area contributed by atoms with Crippen molar-refractivity contribution < 1.29 is 19.2 Å². The number of hydrogen-bond donors (Lipinski definition) is 0. The van der Waals surface area contributed by atoms with Crippen LogP contribution in [0.3, 0.4) is 0 Å². The van der Waals surface area contributed by atoms with Gasteiger partial charge in [-0.05, 0) is 70.9 Å². The number of imide groups is 1. The molecule has 0 unspecified atom stereocenters. The number of non-ortho nitro benzene ring substituents is 1. The minimum absolute atomic E-state index is 0.0192. The van der Waals surface area contributed by atoms with Crippen molar-refractivity contribution >= 4 is 46.3 Å². The van der Waals surface area contributed by atoms with Gasteiger partial charge in [0.05, 0.1) is 16.4 Å². The van der Waals surface area contributed by atoms with E-state index in [1.165, 1.54) is 17.0 Å². The summed E-state index contributed by atoms with van der Waals surface area (Å²) in [6.07, 6.45) is 1.66. The van der Waals surface area contributed by atoms with Gasteiger partial charge in [0, 0.05) is 17.2 Å². The number of thioether (sulfide) groups is 1. The number of nitro groups is 1. The van der Waals surface area contributed by atoms with Crippen molar-refractivity contribution in [3.63, 3.8) is 0 Å². The molecule has 0 saturated carbocycles. The third kappa shape index (κ3) is 5.60. The summed E-state index contributed by atoms with van der Waals surface area (Å²) in [6.45, 7) is 0.413. The largest absolute Gasteiger partial charge is 0.489 e. The van der Waals surface area contributed by atoms with Crippen molar-refractivity contribution in [1.82, 2.24) is 4.90 Å². The quantitative estimate of drug-likeness (QED) is 0.232. The lowest BCUT2D eigenvalue weighted by Crippen LogP contribution is -2.27.